The predicted molar refractivity (Wildman–Crippen MR) is 114 cm³/mol. The van der Waals surface area contributed by atoms with E-state index in [4.69, 9.17) is 21.3 Å². The van der Waals surface area contributed by atoms with Crippen molar-refractivity contribution in [1.29, 1.82) is 0 Å². The molecule has 1 aliphatic rings. The van der Waals surface area contributed by atoms with Gasteiger partial charge in [-0.1, -0.05) is 35.1 Å². The van der Waals surface area contributed by atoms with Crippen molar-refractivity contribution in [2.24, 2.45) is 0 Å². The Bertz CT molecular complexity index is 1000. The van der Waals surface area contributed by atoms with Crippen LogP contribution in [0.2, 0.25) is 5.02 Å². The lowest BCUT2D eigenvalue weighted by molar-refractivity contribution is 0.0917. The van der Waals surface area contributed by atoms with E-state index in [1.54, 1.807) is 4.90 Å². The van der Waals surface area contributed by atoms with Crippen LogP contribution in [0.5, 0.6) is 0 Å². The SMILES string of the molecule is Cc1c(Cl)ccc2sc(N(CC3CCCO3)C(=O)c3ccccc3Br)nc12. The first-order chi connectivity index (χ1) is 13.0. The fourth-order valence-electron chi connectivity index (χ4n) is 3.22. The number of nitrogens with zero attached hydrogens (tertiary/aromatic N) is 2. The van der Waals surface area contributed by atoms with Crippen LogP contribution in [0, 0.1) is 6.92 Å². The predicted octanol–water partition coefficient (Wildman–Crippen LogP) is 5.85. The maximum atomic E-state index is 13.4. The molecule has 7 heteroatoms. The highest BCUT2D eigenvalue weighted by Crippen LogP contribution is 2.35. The van der Waals surface area contributed by atoms with Crippen LogP contribution in [0.15, 0.2) is 40.9 Å². The number of thiazole rings is 1. The van der Waals surface area contributed by atoms with Crippen LogP contribution in [-0.4, -0.2) is 30.1 Å². The van der Waals surface area contributed by atoms with Crippen LogP contribution >= 0.6 is 38.9 Å². The van der Waals surface area contributed by atoms with E-state index < -0.39 is 0 Å². The van der Waals surface area contributed by atoms with Gasteiger partial charge in [-0.05, 0) is 65.5 Å². The number of aryl methyl sites for hydroxylation is 1. The van der Waals surface area contributed by atoms with Crippen molar-refractivity contribution in [3.05, 3.63) is 57.0 Å². The summed E-state index contributed by atoms with van der Waals surface area (Å²) in [5.74, 6) is -0.0826. The number of aromatic nitrogens is 1. The molecular formula is C20H18BrClN2O2S. The lowest BCUT2D eigenvalue weighted by atomic mass is 10.2. The van der Waals surface area contributed by atoms with E-state index in [1.165, 1.54) is 11.3 Å². The molecule has 140 valence electrons. The Hall–Kier alpha value is -1.47. The number of amides is 1. The summed E-state index contributed by atoms with van der Waals surface area (Å²) >= 11 is 11.2. The van der Waals surface area contributed by atoms with E-state index in [0.717, 1.165) is 39.7 Å². The fraction of sp³-hybridized carbons (Fsp3) is 0.300. The molecule has 2 aromatic carbocycles. The molecular weight excluding hydrogens is 448 g/mol. The Morgan fingerprint density at radius 2 is 2.19 bits per heavy atom. The van der Waals surface area contributed by atoms with Crippen molar-refractivity contribution in [3.63, 3.8) is 0 Å². The van der Waals surface area contributed by atoms with Crippen LogP contribution in [-0.2, 0) is 4.74 Å². The monoisotopic (exact) mass is 464 g/mol. The molecule has 1 fully saturated rings. The number of carbonyl (C=O) groups is 1. The maximum Gasteiger partial charge on any atom is 0.261 e. The van der Waals surface area contributed by atoms with Gasteiger partial charge in [-0.2, -0.15) is 0 Å². The quantitative estimate of drug-likeness (QED) is 0.485. The average molecular weight is 466 g/mol. The molecule has 4 rings (SSSR count). The van der Waals surface area contributed by atoms with Crippen LogP contribution in [0.3, 0.4) is 0 Å². The third-order valence-electron chi connectivity index (χ3n) is 4.73. The number of hydrogen-bond donors (Lipinski definition) is 0. The highest BCUT2D eigenvalue weighted by molar-refractivity contribution is 9.10. The lowest BCUT2D eigenvalue weighted by Crippen LogP contribution is -2.37. The molecule has 0 aliphatic carbocycles. The standard InChI is InChI=1S/C20H18BrClN2O2S/c1-12-16(22)8-9-17-18(12)23-20(27-17)24(11-13-5-4-10-26-13)19(25)14-6-2-3-7-15(14)21/h2-3,6-9,13H,4-5,10-11H2,1H3. The molecule has 1 unspecified atom stereocenters. The summed E-state index contributed by atoms with van der Waals surface area (Å²) in [6.45, 7) is 3.19. The van der Waals surface area contributed by atoms with E-state index in [1.807, 2.05) is 43.3 Å². The molecule has 0 bridgehead atoms. The van der Waals surface area contributed by atoms with E-state index in [9.17, 15) is 4.79 Å². The molecule has 0 N–H and O–H groups in total. The summed E-state index contributed by atoms with van der Waals surface area (Å²) in [5, 5.41) is 1.36. The highest BCUT2D eigenvalue weighted by Gasteiger charge is 2.28. The minimum absolute atomic E-state index is 0.0353. The number of halogens is 2. The van der Waals surface area contributed by atoms with Gasteiger partial charge in [-0.25, -0.2) is 4.98 Å². The second-order valence-corrected chi connectivity index (χ2v) is 8.82. The van der Waals surface area contributed by atoms with Crippen LogP contribution in [0.4, 0.5) is 5.13 Å². The number of anilines is 1. The van der Waals surface area contributed by atoms with Crippen molar-refractivity contribution in [2.75, 3.05) is 18.1 Å². The topological polar surface area (TPSA) is 42.4 Å². The van der Waals surface area contributed by atoms with Crippen molar-refractivity contribution in [1.82, 2.24) is 4.98 Å². The second-order valence-electron chi connectivity index (χ2n) is 6.55. The summed E-state index contributed by atoms with van der Waals surface area (Å²) in [7, 11) is 0. The van der Waals surface area contributed by atoms with Gasteiger partial charge < -0.3 is 4.74 Å². The minimum Gasteiger partial charge on any atom is -0.376 e. The van der Waals surface area contributed by atoms with Gasteiger partial charge in [0.15, 0.2) is 5.13 Å². The number of fused-ring (bicyclic) bond motifs is 1. The first-order valence-corrected chi connectivity index (χ1v) is 10.8. The number of carbonyl (C=O) groups excluding carboxylic acids is 1. The van der Waals surface area contributed by atoms with Crippen molar-refractivity contribution in [2.45, 2.75) is 25.9 Å². The first kappa shape index (κ1) is 18.9. The molecule has 1 saturated heterocycles. The van der Waals surface area contributed by atoms with Crippen molar-refractivity contribution < 1.29 is 9.53 Å². The van der Waals surface area contributed by atoms with Gasteiger partial charge in [-0.15, -0.1) is 0 Å². The Morgan fingerprint density at radius 3 is 2.93 bits per heavy atom. The zero-order chi connectivity index (χ0) is 19.0. The van der Waals surface area contributed by atoms with E-state index in [2.05, 4.69) is 15.9 Å². The van der Waals surface area contributed by atoms with Gasteiger partial charge in [0.05, 0.1) is 28.4 Å². The summed E-state index contributed by atoms with van der Waals surface area (Å²) in [6.07, 6.45) is 2.01. The van der Waals surface area contributed by atoms with Crippen LogP contribution < -0.4 is 4.90 Å². The third-order valence-corrected chi connectivity index (χ3v) is 6.87. The largest absolute Gasteiger partial charge is 0.376 e. The van der Waals surface area contributed by atoms with Crippen molar-refractivity contribution in [3.8, 4) is 0 Å². The summed E-state index contributed by atoms with van der Waals surface area (Å²) in [5.41, 5.74) is 2.39. The Balaban J connectivity index is 1.76. The molecule has 0 radical (unpaired) electrons. The van der Waals surface area contributed by atoms with Gasteiger partial charge in [-0.3, -0.25) is 9.69 Å². The molecule has 0 saturated carbocycles. The lowest BCUT2D eigenvalue weighted by Gasteiger charge is -2.23. The molecule has 4 nitrogen and oxygen atoms in total. The van der Waals surface area contributed by atoms with Gasteiger partial charge in [0.2, 0.25) is 0 Å². The number of ether oxygens (including phenoxy) is 1. The summed E-state index contributed by atoms with van der Waals surface area (Å²) in [6, 6.07) is 11.3. The zero-order valence-corrected chi connectivity index (χ0v) is 17.9. The minimum atomic E-state index is -0.0826. The fourth-order valence-corrected chi connectivity index (χ4v) is 4.86. The van der Waals surface area contributed by atoms with Gasteiger partial charge in [0.1, 0.15) is 0 Å². The molecule has 0 spiro atoms. The average Bonchev–Trinajstić information content (AvgIpc) is 3.32. The molecule has 1 aromatic heterocycles. The second kappa shape index (κ2) is 7.87. The summed E-state index contributed by atoms with van der Waals surface area (Å²) in [4.78, 5) is 19.9. The normalized spacial score (nSPS) is 16.8. The van der Waals surface area contributed by atoms with Crippen LogP contribution in [0.25, 0.3) is 10.2 Å². The molecule has 1 atom stereocenters. The Morgan fingerprint density at radius 1 is 1.37 bits per heavy atom. The molecule has 1 amide bonds. The third kappa shape index (κ3) is 3.76. The van der Waals surface area contributed by atoms with E-state index in [-0.39, 0.29) is 12.0 Å². The van der Waals surface area contributed by atoms with Crippen molar-refractivity contribution >= 4 is 60.1 Å². The van der Waals surface area contributed by atoms with Crippen LogP contribution in [0.1, 0.15) is 28.8 Å². The molecule has 1 aliphatic heterocycles. The zero-order valence-electron chi connectivity index (χ0n) is 14.7. The Kier molecular flexibility index (Phi) is 5.50. The Labute approximate surface area is 175 Å². The van der Waals surface area contributed by atoms with E-state index >= 15 is 0 Å². The molecule has 3 aromatic rings. The first-order valence-electron chi connectivity index (χ1n) is 8.78. The number of benzene rings is 2. The van der Waals surface area contributed by atoms with E-state index in [0.29, 0.717) is 22.3 Å². The van der Waals surface area contributed by atoms with Gasteiger partial charge >= 0.3 is 0 Å². The number of hydrogen-bond acceptors (Lipinski definition) is 4. The summed E-state index contributed by atoms with van der Waals surface area (Å²) < 4.78 is 7.58. The number of rotatable bonds is 4. The van der Waals surface area contributed by atoms with Gasteiger partial charge in [0.25, 0.3) is 5.91 Å². The molecule has 2 heterocycles. The highest BCUT2D eigenvalue weighted by atomic mass is 79.9. The molecule has 27 heavy (non-hydrogen) atoms. The van der Waals surface area contributed by atoms with Gasteiger partial charge in [0, 0.05) is 16.1 Å². The smallest absolute Gasteiger partial charge is 0.261 e. The maximum absolute atomic E-state index is 13.4.